The molecule has 0 saturated carbocycles. The van der Waals surface area contributed by atoms with E-state index in [1.165, 1.54) is 0 Å². The van der Waals surface area contributed by atoms with Gasteiger partial charge in [0.2, 0.25) is 0 Å². The molecule has 0 amide bonds. The van der Waals surface area contributed by atoms with Gasteiger partial charge in [-0.1, -0.05) is 0 Å². The van der Waals surface area contributed by atoms with E-state index in [9.17, 15) is 27.3 Å². The van der Waals surface area contributed by atoms with Crippen LogP contribution in [0.3, 0.4) is 0 Å². The Kier molecular flexibility index (Phi) is 3.89. The normalized spacial score (nSPS) is 18.7. The van der Waals surface area contributed by atoms with Crippen LogP contribution in [0.2, 0.25) is 0 Å². The molecule has 1 aromatic rings. The van der Waals surface area contributed by atoms with Crippen LogP contribution in [0, 0.1) is 21.7 Å². The lowest BCUT2D eigenvalue weighted by atomic mass is 10.1. The molecule has 20 heavy (non-hydrogen) atoms. The van der Waals surface area contributed by atoms with Gasteiger partial charge < -0.3 is 5.32 Å². The van der Waals surface area contributed by atoms with Gasteiger partial charge >= 0.3 is 0 Å². The van der Waals surface area contributed by atoms with Crippen molar-refractivity contribution in [3.63, 3.8) is 0 Å². The number of anilines is 1. The van der Waals surface area contributed by atoms with Gasteiger partial charge in [0.05, 0.1) is 28.6 Å². The molecule has 1 N–H and O–H groups in total. The Morgan fingerprint density at radius 1 is 1.20 bits per heavy atom. The monoisotopic (exact) mass is 306 g/mol. The summed E-state index contributed by atoms with van der Waals surface area (Å²) in [6.07, 6.45) is 0.496. The zero-order valence-corrected chi connectivity index (χ0v) is 11.1. The molecule has 1 heterocycles. The van der Waals surface area contributed by atoms with Crippen molar-refractivity contribution in [3.8, 4) is 0 Å². The lowest BCUT2D eigenvalue weighted by Crippen LogP contribution is -2.32. The number of nitrogens with one attached hydrogen (secondary N) is 1. The summed E-state index contributed by atoms with van der Waals surface area (Å²) in [7, 11) is -3.06. The predicted molar refractivity (Wildman–Crippen MR) is 68.3 cm³/mol. The van der Waals surface area contributed by atoms with E-state index < -0.39 is 37.8 Å². The fourth-order valence-electron chi connectivity index (χ4n) is 2.04. The van der Waals surface area contributed by atoms with Crippen molar-refractivity contribution >= 4 is 21.2 Å². The van der Waals surface area contributed by atoms with Crippen LogP contribution in [-0.4, -0.2) is 30.9 Å². The lowest BCUT2D eigenvalue weighted by Gasteiger charge is -2.24. The topological polar surface area (TPSA) is 89.3 Å². The standard InChI is InChI=1S/C11H12F2N2O4S/c12-9-5-8(15(16)17)6-10(13)11(9)14-7-1-3-20(18,19)4-2-7/h5-7,14H,1-4H2. The fraction of sp³-hybridized carbons (Fsp3) is 0.455. The molecule has 0 radical (unpaired) electrons. The van der Waals surface area contributed by atoms with Crippen molar-refractivity contribution < 1.29 is 22.1 Å². The van der Waals surface area contributed by atoms with Gasteiger partial charge in [-0.2, -0.15) is 0 Å². The highest BCUT2D eigenvalue weighted by Gasteiger charge is 2.26. The number of nitrogens with zero attached hydrogens (tertiary/aromatic N) is 1. The molecule has 0 atom stereocenters. The number of non-ortho nitro benzene ring substituents is 1. The van der Waals surface area contributed by atoms with Gasteiger partial charge in [-0.05, 0) is 12.8 Å². The van der Waals surface area contributed by atoms with Crippen LogP contribution in [0.4, 0.5) is 20.2 Å². The number of hydrogen-bond donors (Lipinski definition) is 1. The molecule has 1 fully saturated rings. The molecule has 0 spiro atoms. The Morgan fingerprint density at radius 2 is 1.70 bits per heavy atom. The van der Waals surface area contributed by atoms with Crippen molar-refractivity contribution in [2.75, 3.05) is 16.8 Å². The third-order valence-electron chi connectivity index (χ3n) is 3.14. The van der Waals surface area contributed by atoms with Crippen molar-refractivity contribution in [3.05, 3.63) is 33.9 Å². The van der Waals surface area contributed by atoms with E-state index in [2.05, 4.69) is 5.32 Å². The molecule has 1 aliphatic heterocycles. The van der Waals surface area contributed by atoms with E-state index in [1.807, 2.05) is 0 Å². The van der Waals surface area contributed by atoms with Gasteiger partial charge in [0, 0.05) is 6.04 Å². The molecular formula is C11H12F2N2O4S. The quantitative estimate of drug-likeness (QED) is 0.680. The highest BCUT2D eigenvalue weighted by atomic mass is 32.2. The largest absolute Gasteiger partial charge is 0.377 e. The van der Waals surface area contributed by atoms with Gasteiger partial charge in [-0.25, -0.2) is 17.2 Å². The SMILES string of the molecule is O=[N+]([O-])c1cc(F)c(NC2CCS(=O)(=O)CC2)c(F)c1. The minimum absolute atomic E-state index is 0.0408. The Labute approximate surface area is 113 Å². The highest BCUT2D eigenvalue weighted by molar-refractivity contribution is 7.91. The number of nitro groups is 1. The van der Waals surface area contributed by atoms with E-state index in [4.69, 9.17) is 0 Å². The van der Waals surface area contributed by atoms with Crippen LogP contribution in [-0.2, 0) is 9.84 Å². The van der Waals surface area contributed by atoms with E-state index in [-0.39, 0.29) is 30.4 Å². The molecule has 2 rings (SSSR count). The molecule has 1 aliphatic rings. The van der Waals surface area contributed by atoms with Crippen molar-refractivity contribution in [1.29, 1.82) is 0 Å². The first-order valence-electron chi connectivity index (χ1n) is 5.89. The maximum absolute atomic E-state index is 13.7. The number of benzene rings is 1. The fourth-order valence-corrected chi connectivity index (χ4v) is 3.53. The summed E-state index contributed by atoms with van der Waals surface area (Å²) in [5.41, 5.74) is -1.13. The molecule has 6 nitrogen and oxygen atoms in total. The average molecular weight is 306 g/mol. The van der Waals surface area contributed by atoms with Crippen LogP contribution in [0.15, 0.2) is 12.1 Å². The molecule has 0 bridgehead atoms. The summed E-state index contributed by atoms with van der Waals surface area (Å²) >= 11 is 0. The van der Waals surface area contributed by atoms with Gasteiger partial charge in [0.1, 0.15) is 15.5 Å². The Morgan fingerprint density at radius 3 is 2.15 bits per heavy atom. The molecule has 110 valence electrons. The highest BCUT2D eigenvalue weighted by Crippen LogP contribution is 2.27. The summed E-state index contributed by atoms with van der Waals surface area (Å²) in [5, 5.41) is 13.0. The zero-order chi connectivity index (χ0) is 14.9. The molecule has 0 aromatic heterocycles. The lowest BCUT2D eigenvalue weighted by molar-refractivity contribution is -0.385. The van der Waals surface area contributed by atoms with Gasteiger partial charge in [-0.15, -0.1) is 0 Å². The first-order valence-corrected chi connectivity index (χ1v) is 7.71. The second kappa shape index (κ2) is 5.31. The smallest absolute Gasteiger partial charge is 0.275 e. The Balaban J connectivity index is 2.16. The maximum atomic E-state index is 13.7. The third-order valence-corrected chi connectivity index (χ3v) is 4.86. The van der Waals surface area contributed by atoms with E-state index in [1.54, 1.807) is 0 Å². The van der Waals surface area contributed by atoms with Crippen LogP contribution in [0.1, 0.15) is 12.8 Å². The van der Waals surface area contributed by atoms with E-state index >= 15 is 0 Å². The molecular weight excluding hydrogens is 294 g/mol. The predicted octanol–water partition coefficient (Wildman–Crippen LogP) is 1.86. The number of hydrogen-bond acceptors (Lipinski definition) is 5. The van der Waals surface area contributed by atoms with Gasteiger partial charge in [-0.3, -0.25) is 10.1 Å². The number of sulfone groups is 1. The second-order valence-corrected chi connectivity index (χ2v) is 6.92. The maximum Gasteiger partial charge on any atom is 0.275 e. The van der Waals surface area contributed by atoms with Crippen molar-refractivity contribution in [1.82, 2.24) is 0 Å². The minimum Gasteiger partial charge on any atom is -0.377 e. The van der Waals surface area contributed by atoms with E-state index in [0.29, 0.717) is 12.1 Å². The molecule has 9 heteroatoms. The number of rotatable bonds is 3. The molecule has 0 aliphatic carbocycles. The minimum atomic E-state index is -3.06. The van der Waals surface area contributed by atoms with Gasteiger partial charge in [0.15, 0.2) is 11.6 Å². The molecule has 1 saturated heterocycles. The van der Waals surface area contributed by atoms with Crippen molar-refractivity contribution in [2.24, 2.45) is 0 Å². The van der Waals surface area contributed by atoms with Crippen LogP contribution >= 0.6 is 0 Å². The first-order chi connectivity index (χ1) is 9.28. The molecule has 0 unspecified atom stereocenters. The summed E-state index contributed by atoms with van der Waals surface area (Å²) in [4.78, 5) is 9.58. The average Bonchev–Trinajstić information content (AvgIpc) is 2.35. The van der Waals surface area contributed by atoms with E-state index in [0.717, 1.165) is 0 Å². The third kappa shape index (κ3) is 3.21. The zero-order valence-electron chi connectivity index (χ0n) is 10.3. The summed E-state index contributed by atoms with van der Waals surface area (Å²) in [5.74, 6) is -2.21. The van der Waals surface area contributed by atoms with Crippen molar-refractivity contribution in [2.45, 2.75) is 18.9 Å². The first kappa shape index (κ1) is 14.6. The van der Waals surface area contributed by atoms with Crippen LogP contribution < -0.4 is 5.32 Å². The van der Waals surface area contributed by atoms with Crippen LogP contribution in [0.5, 0.6) is 0 Å². The van der Waals surface area contributed by atoms with Crippen LogP contribution in [0.25, 0.3) is 0 Å². The summed E-state index contributed by atoms with van der Waals surface area (Å²) in [6, 6.07) is 0.889. The van der Waals surface area contributed by atoms with Gasteiger partial charge in [0.25, 0.3) is 5.69 Å². The summed E-state index contributed by atoms with van der Waals surface area (Å²) in [6.45, 7) is 0. The number of nitro benzene ring substituents is 1. The Bertz CT molecular complexity index is 611. The Hall–Kier alpha value is -1.77. The molecule has 1 aromatic carbocycles. The summed E-state index contributed by atoms with van der Waals surface area (Å²) < 4.78 is 49.8. The number of halogens is 2. The second-order valence-electron chi connectivity index (χ2n) is 4.61.